The van der Waals surface area contributed by atoms with Crippen molar-refractivity contribution in [1.82, 2.24) is 4.72 Å². The molecule has 0 bridgehead atoms. The van der Waals surface area contributed by atoms with E-state index < -0.39 is 10.0 Å². The maximum atomic E-state index is 12.6. The quantitative estimate of drug-likeness (QED) is 0.874. The van der Waals surface area contributed by atoms with E-state index in [9.17, 15) is 13.2 Å². The summed E-state index contributed by atoms with van der Waals surface area (Å²) in [4.78, 5) is 11.6. The zero-order chi connectivity index (χ0) is 17.4. The minimum atomic E-state index is -3.62. The summed E-state index contributed by atoms with van der Waals surface area (Å²) in [5.41, 5.74) is 2.62. The standard InChI is InChI=1S/C18H18N2O4S/c21-18-8-5-12-10-15(6-7-16(12)20-18)25(22,23)19-11-14-9-13-3-1-2-4-17(13)24-14/h1-4,6-7,10,14,19H,5,8-9,11H2,(H,20,21). The molecular formula is C18H18N2O4S. The van der Waals surface area contributed by atoms with Crippen LogP contribution in [0.3, 0.4) is 0 Å². The van der Waals surface area contributed by atoms with Crippen LogP contribution in [-0.4, -0.2) is 27.0 Å². The minimum absolute atomic E-state index is 0.0424. The summed E-state index contributed by atoms with van der Waals surface area (Å²) >= 11 is 0. The molecule has 2 N–H and O–H groups in total. The molecule has 2 aromatic rings. The first-order valence-electron chi connectivity index (χ1n) is 8.18. The number of fused-ring (bicyclic) bond motifs is 2. The van der Waals surface area contributed by atoms with Gasteiger partial charge in [0.05, 0.1) is 4.90 Å². The molecule has 6 nitrogen and oxygen atoms in total. The number of rotatable bonds is 4. The molecule has 0 radical (unpaired) electrons. The summed E-state index contributed by atoms with van der Waals surface area (Å²) in [6.07, 6.45) is 1.41. The fourth-order valence-corrected chi connectivity index (χ4v) is 4.30. The fraction of sp³-hybridized carbons (Fsp3) is 0.278. The highest BCUT2D eigenvalue weighted by Gasteiger charge is 2.25. The van der Waals surface area contributed by atoms with E-state index in [1.807, 2.05) is 24.3 Å². The maximum absolute atomic E-state index is 12.6. The zero-order valence-corrected chi connectivity index (χ0v) is 14.3. The van der Waals surface area contributed by atoms with E-state index in [0.29, 0.717) is 24.9 Å². The summed E-state index contributed by atoms with van der Waals surface area (Å²) in [6, 6.07) is 12.5. The Labute approximate surface area is 146 Å². The van der Waals surface area contributed by atoms with Crippen molar-refractivity contribution >= 4 is 21.6 Å². The van der Waals surface area contributed by atoms with Gasteiger partial charge in [-0.1, -0.05) is 18.2 Å². The van der Waals surface area contributed by atoms with Gasteiger partial charge in [0.1, 0.15) is 11.9 Å². The predicted octanol–water partition coefficient (Wildman–Crippen LogP) is 1.85. The van der Waals surface area contributed by atoms with Crippen LogP contribution in [0.2, 0.25) is 0 Å². The molecule has 0 spiro atoms. The third kappa shape index (κ3) is 3.25. The van der Waals surface area contributed by atoms with Gasteiger partial charge in [0, 0.05) is 25.1 Å². The second-order valence-electron chi connectivity index (χ2n) is 6.27. The highest BCUT2D eigenvalue weighted by Crippen LogP contribution is 2.28. The highest BCUT2D eigenvalue weighted by atomic mass is 32.2. The SMILES string of the molecule is O=C1CCc2cc(S(=O)(=O)NCC3Cc4ccccc4O3)ccc2N1. The number of hydrogen-bond acceptors (Lipinski definition) is 4. The predicted molar refractivity (Wildman–Crippen MR) is 93.1 cm³/mol. The minimum Gasteiger partial charge on any atom is -0.488 e. The van der Waals surface area contributed by atoms with E-state index in [-0.39, 0.29) is 23.5 Å². The van der Waals surface area contributed by atoms with E-state index >= 15 is 0 Å². The van der Waals surface area contributed by atoms with Crippen LogP contribution in [0.1, 0.15) is 17.5 Å². The Morgan fingerprint density at radius 2 is 1.96 bits per heavy atom. The molecule has 1 unspecified atom stereocenters. The second-order valence-corrected chi connectivity index (χ2v) is 8.04. The van der Waals surface area contributed by atoms with Crippen LogP contribution in [0.25, 0.3) is 0 Å². The van der Waals surface area contributed by atoms with Gasteiger partial charge >= 0.3 is 0 Å². The topological polar surface area (TPSA) is 84.5 Å². The Bertz CT molecular complexity index is 915. The van der Waals surface area contributed by atoms with Gasteiger partial charge in [-0.25, -0.2) is 13.1 Å². The lowest BCUT2D eigenvalue weighted by molar-refractivity contribution is -0.116. The van der Waals surface area contributed by atoms with Crippen LogP contribution in [-0.2, 0) is 27.7 Å². The van der Waals surface area contributed by atoms with Crippen molar-refractivity contribution in [2.24, 2.45) is 0 Å². The molecule has 7 heteroatoms. The first-order valence-corrected chi connectivity index (χ1v) is 9.66. The molecule has 1 amide bonds. The molecule has 0 saturated carbocycles. The van der Waals surface area contributed by atoms with Crippen LogP contribution in [0.4, 0.5) is 5.69 Å². The van der Waals surface area contributed by atoms with Crippen molar-refractivity contribution in [2.75, 3.05) is 11.9 Å². The molecule has 2 aromatic carbocycles. The first-order chi connectivity index (χ1) is 12.0. The Balaban J connectivity index is 1.45. The number of para-hydroxylation sites is 1. The number of aryl methyl sites for hydroxylation is 1. The Morgan fingerprint density at radius 3 is 2.80 bits per heavy atom. The number of sulfonamides is 1. The van der Waals surface area contributed by atoms with Crippen LogP contribution in [0, 0.1) is 0 Å². The summed E-state index contributed by atoms with van der Waals surface area (Å²) in [5, 5.41) is 2.75. The Morgan fingerprint density at radius 1 is 1.12 bits per heavy atom. The molecule has 2 heterocycles. The Kier molecular flexibility index (Phi) is 3.97. The Hall–Kier alpha value is -2.38. The normalized spacial score (nSPS) is 18.9. The average Bonchev–Trinajstić information content (AvgIpc) is 3.02. The molecule has 2 aliphatic rings. The number of hydrogen-bond donors (Lipinski definition) is 2. The van der Waals surface area contributed by atoms with Crippen LogP contribution < -0.4 is 14.8 Å². The van der Waals surface area contributed by atoms with Crippen LogP contribution in [0.5, 0.6) is 5.75 Å². The van der Waals surface area contributed by atoms with Crippen molar-refractivity contribution < 1.29 is 17.9 Å². The van der Waals surface area contributed by atoms with Gasteiger partial charge in [-0.05, 0) is 41.8 Å². The lowest BCUT2D eigenvalue weighted by Gasteiger charge is -2.18. The smallest absolute Gasteiger partial charge is 0.240 e. The van der Waals surface area contributed by atoms with Gasteiger partial charge in [0.25, 0.3) is 0 Å². The number of amides is 1. The number of carbonyl (C=O) groups excluding carboxylic acids is 1. The number of benzene rings is 2. The van der Waals surface area contributed by atoms with Gasteiger partial charge in [-0.3, -0.25) is 4.79 Å². The summed E-state index contributed by atoms with van der Waals surface area (Å²) < 4.78 is 33.5. The summed E-state index contributed by atoms with van der Waals surface area (Å²) in [7, 11) is -3.62. The first kappa shape index (κ1) is 16.1. The molecule has 0 fully saturated rings. The number of nitrogens with one attached hydrogen (secondary N) is 2. The van der Waals surface area contributed by atoms with E-state index in [1.54, 1.807) is 12.1 Å². The van der Waals surface area contributed by atoms with Gasteiger partial charge in [0.15, 0.2) is 0 Å². The summed E-state index contributed by atoms with van der Waals surface area (Å²) in [5.74, 6) is 0.774. The largest absolute Gasteiger partial charge is 0.488 e. The number of anilines is 1. The number of ether oxygens (including phenoxy) is 1. The molecule has 130 valence electrons. The van der Waals surface area contributed by atoms with Crippen molar-refractivity contribution in [3.63, 3.8) is 0 Å². The highest BCUT2D eigenvalue weighted by molar-refractivity contribution is 7.89. The molecule has 1 atom stereocenters. The summed E-state index contributed by atoms with van der Waals surface area (Å²) in [6.45, 7) is 0.213. The lowest BCUT2D eigenvalue weighted by Crippen LogP contribution is -2.34. The lowest BCUT2D eigenvalue weighted by atomic mass is 10.0. The monoisotopic (exact) mass is 358 g/mol. The molecule has 0 saturated heterocycles. The van der Waals surface area contributed by atoms with Crippen molar-refractivity contribution in [3.8, 4) is 5.75 Å². The van der Waals surface area contributed by atoms with Crippen LogP contribution >= 0.6 is 0 Å². The number of carbonyl (C=O) groups is 1. The van der Waals surface area contributed by atoms with Crippen LogP contribution in [0.15, 0.2) is 47.4 Å². The van der Waals surface area contributed by atoms with Gasteiger partial charge < -0.3 is 10.1 Å². The third-order valence-electron chi connectivity index (χ3n) is 4.50. The van der Waals surface area contributed by atoms with Crippen molar-refractivity contribution in [2.45, 2.75) is 30.3 Å². The molecule has 0 aliphatic carbocycles. The van der Waals surface area contributed by atoms with Gasteiger partial charge in [-0.2, -0.15) is 0 Å². The molecule has 0 aromatic heterocycles. The van der Waals surface area contributed by atoms with Gasteiger partial charge in [0.2, 0.25) is 15.9 Å². The second kappa shape index (κ2) is 6.16. The third-order valence-corrected chi connectivity index (χ3v) is 5.92. The fourth-order valence-electron chi connectivity index (χ4n) is 3.18. The van der Waals surface area contributed by atoms with E-state index in [4.69, 9.17) is 4.74 Å². The average molecular weight is 358 g/mol. The molecule has 25 heavy (non-hydrogen) atoms. The van der Waals surface area contributed by atoms with Gasteiger partial charge in [-0.15, -0.1) is 0 Å². The van der Waals surface area contributed by atoms with Crippen molar-refractivity contribution in [1.29, 1.82) is 0 Å². The maximum Gasteiger partial charge on any atom is 0.240 e. The van der Waals surface area contributed by atoms with E-state index in [1.165, 1.54) is 6.07 Å². The van der Waals surface area contributed by atoms with Crippen molar-refractivity contribution in [3.05, 3.63) is 53.6 Å². The van der Waals surface area contributed by atoms with E-state index in [2.05, 4.69) is 10.0 Å². The zero-order valence-electron chi connectivity index (χ0n) is 13.5. The molecule has 2 aliphatic heterocycles. The van der Waals surface area contributed by atoms with E-state index in [0.717, 1.165) is 16.9 Å². The molecule has 4 rings (SSSR count). The molecular weight excluding hydrogens is 340 g/mol.